The number of fused-ring (bicyclic) bond motifs is 1. The van der Waals surface area contributed by atoms with Crippen LogP contribution in [0.4, 0.5) is 0 Å². The van der Waals surface area contributed by atoms with Crippen molar-refractivity contribution >= 4 is 11.4 Å². The second-order valence-electron chi connectivity index (χ2n) is 9.29. The first-order valence-corrected chi connectivity index (χ1v) is 12.2. The van der Waals surface area contributed by atoms with Gasteiger partial charge in [-0.2, -0.15) is 10.5 Å². The highest BCUT2D eigenvalue weighted by Gasteiger charge is 2.18. The molecule has 4 rings (SSSR count). The van der Waals surface area contributed by atoms with E-state index in [1.54, 1.807) is 24.3 Å². The number of ether oxygens (including phenoxy) is 1. The summed E-state index contributed by atoms with van der Waals surface area (Å²) in [5, 5.41) is 28.4. The number of rotatable bonds is 10. The van der Waals surface area contributed by atoms with Gasteiger partial charge in [0.25, 0.3) is 0 Å². The predicted molar refractivity (Wildman–Crippen MR) is 140 cm³/mol. The third-order valence-corrected chi connectivity index (χ3v) is 6.17. The molecule has 0 saturated carbocycles. The number of Topliss-reactive ketones (excluding diaryl/α,β-unsaturated/α-hetero) is 1. The molecule has 0 aliphatic carbocycles. The summed E-state index contributed by atoms with van der Waals surface area (Å²) in [7, 11) is 0. The lowest BCUT2D eigenvalue weighted by atomic mass is 9.89. The van der Waals surface area contributed by atoms with Gasteiger partial charge in [0.2, 0.25) is 0 Å². The van der Waals surface area contributed by atoms with E-state index in [9.17, 15) is 20.4 Å². The average molecular weight is 493 g/mol. The van der Waals surface area contributed by atoms with Gasteiger partial charge in [0.15, 0.2) is 11.4 Å². The van der Waals surface area contributed by atoms with Crippen LogP contribution in [0.1, 0.15) is 53.7 Å². The highest BCUT2D eigenvalue weighted by molar-refractivity contribution is 5.96. The van der Waals surface area contributed by atoms with Gasteiger partial charge in [-0.3, -0.25) is 4.79 Å². The Kier molecular flexibility index (Phi) is 7.98. The summed E-state index contributed by atoms with van der Waals surface area (Å²) >= 11 is 0. The van der Waals surface area contributed by atoms with Gasteiger partial charge in [-0.25, -0.2) is 4.98 Å². The van der Waals surface area contributed by atoms with Gasteiger partial charge in [-0.05, 0) is 68.5 Å². The zero-order valence-corrected chi connectivity index (χ0v) is 20.9. The molecule has 2 aromatic carbocycles. The maximum absolute atomic E-state index is 13.0. The van der Waals surface area contributed by atoms with Gasteiger partial charge < -0.3 is 14.2 Å². The van der Waals surface area contributed by atoms with Crippen molar-refractivity contribution in [2.24, 2.45) is 5.92 Å². The molecule has 0 spiro atoms. The Morgan fingerprint density at radius 1 is 1.08 bits per heavy atom. The molecule has 7 heteroatoms. The molecule has 1 atom stereocenters. The molecule has 1 N–H and O–H groups in total. The fraction of sp³-hybridized carbons (Fsp3) is 0.267. The summed E-state index contributed by atoms with van der Waals surface area (Å²) < 4.78 is 7.49. The fourth-order valence-electron chi connectivity index (χ4n) is 4.37. The molecule has 2 aromatic heterocycles. The summed E-state index contributed by atoms with van der Waals surface area (Å²) in [5.74, 6) is 0.352. The molecule has 0 unspecified atom stereocenters. The van der Waals surface area contributed by atoms with Crippen LogP contribution in [-0.4, -0.2) is 33.0 Å². The van der Waals surface area contributed by atoms with Crippen LogP contribution < -0.4 is 4.74 Å². The van der Waals surface area contributed by atoms with Gasteiger partial charge in [-0.15, -0.1) is 0 Å². The number of hydrogen-bond donors (Lipinski definition) is 1. The minimum atomic E-state index is -0.0725. The van der Waals surface area contributed by atoms with Crippen molar-refractivity contribution in [3.05, 3.63) is 89.2 Å². The minimum Gasteiger partial charge on any atom is -0.490 e. The van der Waals surface area contributed by atoms with Crippen LogP contribution in [0.15, 0.2) is 67.0 Å². The lowest BCUT2D eigenvalue weighted by Crippen LogP contribution is -2.14. The van der Waals surface area contributed by atoms with E-state index in [-0.39, 0.29) is 30.8 Å². The SMILES string of the molecule is CC(C)Oc1ccc(C(=O)C[C@H](CCO)Cc2ccc(-c3cn4cccc(C#N)c4n3)cc2)cc1C#N. The first-order chi connectivity index (χ1) is 17.9. The number of hydrogen-bond acceptors (Lipinski definition) is 6. The summed E-state index contributed by atoms with van der Waals surface area (Å²) in [6.07, 6.45) is 5.08. The smallest absolute Gasteiger partial charge is 0.163 e. The highest BCUT2D eigenvalue weighted by Crippen LogP contribution is 2.26. The van der Waals surface area contributed by atoms with Crippen molar-refractivity contribution < 1.29 is 14.6 Å². The first-order valence-electron chi connectivity index (χ1n) is 12.2. The molecule has 0 bridgehead atoms. The second kappa shape index (κ2) is 11.5. The quantitative estimate of drug-likeness (QED) is 0.299. The Bertz CT molecular complexity index is 1490. The van der Waals surface area contributed by atoms with Crippen molar-refractivity contribution in [3.63, 3.8) is 0 Å². The van der Waals surface area contributed by atoms with E-state index in [4.69, 9.17) is 4.74 Å². The number of carbonyl (C=O) groups excluding carboxylic acids is 1. The van der Waals surface area contributed by atoms with Gasteiger partial charge in [0.05, 0.1) is 22.9 Å². The van der Waals surface area contributed by atoms with Gasteiger partial charge >= 0.3 is 0 Å². The van der Waals surface area contributed by atoms with Crippen LogP contribution in [0.2, 0.25) is 0 Å². The maximum atomic E-state index is 13.0. The average Bonchev–Trinajstić information content (AvgIpc) is 3.33. The Labute approximate surface area is 216 Å². The Hall–Kier alpha value is -4.46. The molecule has 0 amide bonds. The van der Waals surface area contributed by atoms with Crippen LogP contribution in [-0.2, 0) is 6.42 Å². The lowest BCUT2D eigenvalue weighted by Gasteiger charge is -2.16. The van der Waals surface area contributed by atoms with Gasteiger partial charge in [0, 0.05) is 36.5 Å². The number of aliphatic hydroxyl groups is 1. The first kappa shape index (κ1) is 25.6. The number of benzene rings is 2. The standard InChI is InChI=1S/C30H28N4O3/c1-20(2)37-29-10-9-24(16-26(29)18-32)28(36)15-22(11-13-35)14-21-5-7-23(8-6-21)27-19-34-12-3-4-25(17-31)30(34)33-27/h3-10,12,16,19-20,22,35H,11,13-15H2,1-2H3/t22-/m1/s1. The molecule has 2 heterocycles. The Morgan fingerprint density at radius 3 is 2.51 bits per heavy atom. The topological polar surface area (TPSA) is 111 Å². The fourth-order valence-corrected chi connectivity index (χ4v) is 4.37. The van der Waals surface area contributed by atoms with E-state index in [1.807, 2.05) is 61.0 Å². The molecular formula is C30H28N4O3. The number of imidazole rings is 1. The zero-order chi connectivity index (χ0) is 26.4. The summed E-state index contributed by atoms with van der Waals surface area (Å²) in [6, 6.07) is 20.8. The van der Waals surface area contributed by atoms with Crippen LogP contribution in [0.3, 0.4) is 0 Å². The number of ketones is 1. The molecule has 0 fully saturated rings. The molecular weight excluding hydrogens is 464 g/mol. The molecule has 0 aliphatic heterocycles. The monoisotopic (exact) mass is 492 g/mol. The zero-order valence-electron chi connectivity index (χ0n) is 20.9. The van der Waals surface area contributed by atoms with E-state index in [1.165, 1.54) is 0 Å². The Balaban J connectivity index is 1.47. The minimum absolute atomic E-state index is 0.0108. The number of pyridine rings is 1. The van der Waals surface area contributed by atoms with Gasteiger partial charge in [-0.1, -0.05) is 24.3 Å². The van der Waals surface area contributed by atoms with Crippen molar-refractivity contribution in [2.45, 2.75) is 39.2 Å². The largest absolute Gasteiger partial charge is 0.490 e. The van der Waals surface area contributed by atoms with Crippen molar-refractivity contribution in [3.8, 4) is 29.1 Å². The predicted octanol–water partition coefficient (Wildman–Crippen LogP) is 5.35. The molecule has 0 radical (unpaired) electrons. The van der Waals surface area contributed by atoms with Crippen LogP contribution in [0, 0.1) is 28.6 Å². The summed E-state index contributed by atoms with van der Waals surface area (Å²) in [5.41, 5.74) is 4.69. The lowest BCUT2D eigenvalue weighted by molar-refractivity contribution is 0.0953. The van der Waals surface area contributed by atoms with Crippen molar-refractivity contribution in [2.75, 3.05) is 6.61 Å². The number of aromatic nitrogens is 2. The van der Waals surface area contributed by atoms with E-state index >= 15 is 0 Å². The van der Waals surface area contributed by atoms with Gasteiger partial charge in [0.1, 0.15) is 17.9 Å². The normalized spacial score (nSPS) is 11.7. The van der Waals surface area contributed by atoms with E-state index < -0.39 is 0 Å². The van der Waals surface area contributed by atoms with Crippen LogP contribution in [0.5, 0.6) is 5.75 Å². The molecule has 0 aliphatic rings. The van der Waals surface area contributed by atoms with Crippen molar-refractivity contribution in [1.82, 2.24) is 9.38 Å². The maximum Gasteiger partial charge on any atom is 0.163 e. The van der Waals surface area contributed by atoms with E-state index in [0.717, 1.165) is 16.8 Å². The van der Waals surface area contributed by atoms with Crippen molar-refractivity contribution in [1.29, 1.82) is 10.5 Å². The Morgan fingerprint density at radius 2 is 1.84 bits per heavy atom. The molecule has 7 nitrogen and oxygen atoms in total. The molecule has 37 heavy (non-hydrogen) atoms. The molecule has 4 aromatic rings. The number of nitriles is 2. The van der Waals surface area contributed by atoms with Crippen LogP contribution in [0.25, 0.3) is 16.9 Å². The number of aliphatic hydroxyl groups excluding tert-OH is 1. The van der Waals surface area contributed by atoms with Crippen LogP contribution >= 0.6 is 0 Å². The molecule has 0 saturated heterocycles. The summed E-state index contributed by atoms with van der Waals surface area (Å²) in [6.45, 7) is 3.76. The third-order valence-electron chi connectivity index (χ3n) is 6.17. The number of carbonyl (C=O) groups is 1. The number of nitrogens with zero attached hydrogens (tertiary/aromatic N) is 4. The van der Waals surface area contributed by atoms with E-state index in [2.05, 4.69) is 17.1 Å². The highest BCUT2D eigenvalue weighted by atomic mass is 16.5. The second-order valence-corrected chi connectivity index (χ2v) is 9.29. The molecule has 186 valence electrons. The van der Waals surface area contributed by atoms with E-state index in [0.29, 0.717) is 40.9 Å². The third kappa shape index (κ3) is 6.03. The summed E-state index contributed by atoms with van der Waals surface area (Å²) in [4.78, 5) is 17.6.